The molecule has 1 amide bonds. The van der Waals surface area contributed by atoms with Crippen LogP contribution in [0.2, 0.25) is 0 Å². The number of non-ortho nitro benzene ring substituents is 1. The van der Waals surface area contributed by atoms with Crippen molar-refractivity contribution in [2.75, 3.05) is 13.1 Å². The van der Waals surface area contributed by atoms with Crippen LogP contribution in [0.3, 0.4) is 0 Å². The third-order valence-corrected chi connectivity index (χ3v) is 8.06. The van der Waals surface area contributed by atoms with Gasteiger partial charge in [0.1, 0.15) is 11.3 Å². The Morgan fingerprint density at radius 1 is 1.26 bits per heavy atom. The van der Waals surface area contributed by atoms with E-state index in [9.17, 15) is 23.3 Å². The molecule has 0 radical (unpaired) electrons. The summed E-state index contributed by atoms with van der Waals surface area (Å²) < 4.78 is 27.1. The molecule has 1 fully saturated rings. The highest BCUT2D eigenvalue weighted by atomic mass is 32.2. The zero-order valence-electron chi connectivity index (χ0n) is 16.3. The van der Waals surface area contributed by atoms with Crippen molar-refractivity contribution < 1.29 is 23.0 Å². The minimum atomic E-state index is -3.78. The van der Waals surface area contributed by atoms with E-state index in [1.54, 1.807) is 17.4 Å². The molecule has 0 saturated carbocycles. The Hall–Kier alpha value is -2.80. The molecule has 1 saturated heterocycles. The molecular weight excluding hydrogens is 444 g/mol. The second kappa shape index (κ2) is 8.38. The van der Waals surface area contributed by atoms with Crippen LogP contribution < -0.4 is 10.8 Å². The summed E-state index contributed by atoms with van der Waals surface area (Å²) in [5.74, 6) is -0.286. The number of nitrogens with one attached hydrogen (secondary N) is 2. The van der Waals surface area contributed by atoms with Crippen LogP contribution in [0.15, 0.2) is 58.4 Å². The lowest BCUT2D eigenvalue weighted by Gasteiger charge is -2.35. The van der Waals surface area contributed by atoms with Gasteiger partial charge in [0.15, 0.2) is 0 Å². The first-order valence-electron chi connectivity index (χ1n) is 9.51. The standard InChI is InChI=1S/C19H20N4O6S2/c24-18(20-13-15-2-1-11-30-15)17-12-19(29-21-17)7-9-22(10-8-19)31(27,28)16-5-3-14(4-6-16)23(25)26/h1-6,11-12,21H,7-10,13H2,(H,20,24). The van der Waals surface area contributed by atoms with Gasteiger partial charge in [0.2, 0.25) is 10.0 Å². The Labute approximate surface area is 182 Å². The maximum atomic E-state index is 12.9. The number of nitro benzene ring substituents is 1. The summed E-state index contributed by atoms with van der Waals surface area (Å²) in [5.41, 5.74) is 2.06. The monoisotopic (exact) mass is 464 g/mol. The summed E-state index contributed by atoms with van der Waals surface area (Å²) in [5, 5.41) is 15.5. The fourth-order valence-electron chi connectivity index (χ4n) is 3.51. The van der Waals surface area contributed by atoms with Crippen molar-refractivity contribution in [2.45, 2.75) is 29.9 Å². The summed E-state index contributed by atoms with van der Waals surface area (Å²) in [7, 11) is -3.78. The lowest BCUT2D eigenvalue weighted by atomic mass is 9.92. The molecule has 10 nitrogen and oxygen atoms in total. The number of benzene rings is 1. The Bertz CT molecular complexity index is 1100. The first-order chi connectivity index (χ1) is 14.8. The SMILES string of the molecule is O=C(NCc1cccs1)C1=CC2(CCN(S(=O)(=O)c3ccc([N+](=O)[O-])cc3)CC2)ON1. The third-order valence-electron chi connectivity index (χ3n) is 5.27. The molecule has 31 heavy (non-hydrogen) atoms. The van der Waals surface area contributed by atoms with Gasteiger partial charge in [-0.15, -0.1) is 11.3 Å². The lowest BCUT2D eigenvalue weighted by Crippen LogP contribution is -2.46. The zero-order valence-corrected chi connectivity index (χ0v) is 17.9. The van der Waals surface area contributed by atoms with Crippen molar-refractivity contribution >= 4 is 33.0 Å². The van der Waals surface area contributed by atoms with Gasteiger partial charge in [-0.1, -0.05) is 6.07 Å². The maximum Gasteiger partial charge on any atom is 0.269 e. The highest BCUT2D eigenvalue weighted by Gasteiger charge is 2.42. The molecule has 1 aromatic carbocycles. The Morgan fingerprint density at radius 2 is 1.97 bits per heavy atom. The molecule has 164 valence electrons. The molecule has 0 bridgehead atoms. The van der Waals surface area contributed by atoms with Gasteiger partial charge in [-0.05, 0) is 42.5 Å². The second-order valence-electron chi connectivity index (χ2n) is 7.24. The smallest absolute Gasteiger partial charge is 0.269 e. The van der Waals surface area contributed by atoms with Crippen LogP contribution >= 0.6 is 11.3 Å². The largest absolute Gasteiger partial charge is 0.346 e. The number of hydrogen-bond donors (Lipinski definition) is 2. The molecule has 2 N–H and O–H groups in total. The van der Waals surface area contributed by atoms with E-state index in [1.807, 2.05) is 17.5 Å². The Morgan fingerprint density at radius 3 is 2.58 bits per heavy atom. The van der Waals surface area contributed by atoms with Gasteiger partial charge in [0, 0.05) is 30.1 Å². The summed E-state index contributed by atoms with van der Waals surface area (Å²) in [6.45, 7) is 0.812. The minimum Gasteiger partial charge on any atom is -0.346 e. The lowest BCUT2D eigenvalue weighted by molar-refractivity contribution is -0.384. The number of piperidine rings is 1. The molecule has 0 atom stereocenters. The van der Waals surface area contributed by atoms with E-state index in [-0.39, 0.29) is 29.6 Å². The van der Waals surface area contributed by atoms with Crippen LogP contribution in [0.4, 0.5) is 5.69 Å². The Balaban J connectivity index is 1.38. The number of nitro groups is 1. The molecule has 2 aromatic rings. The molecule has 2 aliphatic rings. The Kier molecular flexibility index (Phi) is 5.79. The number of thiophene rings is 1. The summed E-state index contributed by atoms with van der Waals surface area (Å²) in [6.07, 6.45) is 2.45. The van der Waals surface area contributed by atoms with Gasteiger partial charge in [-0.3, -0.25) is 25.2 Å². The zero-order chi connectivity index (χ0) is 22.1. The average molecular weight is 465 g/mol. The molecule has 0 aliphatic carbocycles. The van der Waals surface area contributed by atoms with Crippen molar-refractivity contribution in [3.63, 3.8) is 0 Å². The predicted molar refractivity (Wildman–Crippen MR) is 112 cm³/mol. The normalized spacial score (nSPS) is 18.4. The van der Waals surface area contributed by atoms with Crippen molar-refractivity contribution in [2.24, 2.45) is 0 Å². The van der Waals surface area contributed by atoms with Gasteiger partial charge < -0.3 is 5.32 Å². The van der Waals surface area contributed by atoms with Crippen molar-refractivity contribution in [3.8, 4) is 0 Å². The molecule has 0 unspecified atom stereocenters. The van der Waals surface area contributed by atoms with Crippen LogP contribution in [-0.2, 0) is 26.2 Å². The van der Waals surface area contributed by atoms with E-state index in [0.717, 1.165) is 4.88 Å². The fourth-order valence-corrected chi connectivity index (χ4v) is 5.59. The van der Waals surface area contributed by atoms with Crippen LogP contribution in [-0.4, -0.2) is 42.2 Å². The van der Waals surface area contributed by atoms with Gasteiger partial charge >= 0.3 is 0 Å². The highest BCUT2D eigenvalue weighted by molar-refractivity contribution is 7.89. The highest BCUT2D eigenvalue weighted by Crippen LogP contribution is 2.34. The number of amides is 1. The first kappa shape index (κ1) is 21.4. The molecule has 4 rings (SSSR count). The van der Waals surface area contributed by atoms with E-state index in [4.69, 9.17) is 4.84 Å². The van der Waals surface area contributed by atoms with E-state index >= 15 is 0 Å². The van der Waals surface area contributed by atoms with E-state index in [2.05, 4.69) is 10.8 Å². The molecule has 1 aromatic heterocycles. The molecule has 12 heteroatoms. The quantitative estimate of drug-likeness (QED) is 0.493. The number of sulfonamides is 1. The van der Waals surface area contributed by atoms with Crippen LogP contribution in [0.1, 0.15) is 17.7 Å². The third kappa shape index (κ3) is 4.46. The topological polar surface area (TPSA) is 131 Å². The number of hydroxylamine groups is 1. The van der Waals surface area contributed by atoms with Gasteiger partial charge in [0.25, 0.3) is 11.6 Å². The number of carbonyl (C=O) groups is 1. The van der Waals surface area contributed by atoms with E-state index in [0.29, 0.717) is 25.1 Å². The van der Waals surface area contributed by atoms with Crippen LogP contribution in [0.25, 0.3) is 0 Å². The second-order valence-corrected chi connectivity index (χ2v) is 10.2. The van der Waals surface area contributed by atoms with E-state index < -0.39 is 20.5 Å². The molecule has 3 heterocycles. The van der Waals surface area contributed by atoms with Gasteiger partial charge in [0.05, 0.1) is 16.4 Å². The molecule has 2 aliphatic heterocycles. The fraction of sp³-hybridized carbons (Fsp3) is 0.316. The first-order valence-corrected chi connectivity index (χ1v) is 11.8. The molecular formula is C19H20N4O6S2. The van der Waals surface area contributed by atoms with Crippen LogP contribution in [0, 0.1) is 10.1 Å². The minimum absolute atomic E-state index is 0.00343. The predicted octanol–water partition coefficient (Wildman–Crippen LogP) is 1.91. The summed E-state index contributed by atoms with van der Waals surface area (Å²) in [4.78, 5) is 29.3. The van der Waals surface area contributed by atoms with E-state index in [1.165, 1.54) is 28.6 Å². The van der Waals surface area contributed by atoms with Gasteiger partial charge in [-0.25, -0.2) is 8.42 Å². The van der Waals surface area contributed by atoms with Crippen molar-refractivity contribution in [1.82, 2.24) is 15.1 Å². The summed E-state index contributed by atoms with van der Waals surface area (Å²) >= 11 is 1.55. The maximum absolute atomic E-state index is 12.9. The number of hydrogen-bond acceptors (Lipinski definition) is 8. The number of carbonyl (C=O) groups excluding carboxylic acids is 1. The van der Waals surface area contributed by atoms with Gasteiger partial charge in [-0.2, -0.15) is 4.31 Å². The molecule has 1 spiro atoms. The number of rotatable bonds is 6. The van der Waals surface area contributed by atoms with Crippen molar-refractivity contribution in [3.05, 3.63) is 68.5 Å². The van der Waals surface area contributed by atoms with Crippen molar-refractivity contribution in [1.29, 1.82) is 0 Å². The van der Waals surface area contributed by atoms with Crippen LogP contribution in [0.5, 0.6) is 0 Å². The number of nitrogens with zero attached hydrogens (tertiary/aromatic N) is 2. The average Bonchev–Trinajstić information content (AvgIpc) is 3.43. The summed E-state index contributed by atoms with van der Waals surface area (Å²) in [6, 6.07) is 8.66.